The maximum Gasteiger partial charge on any atom is 0.338 e. The number of rotatable bonds is 6. The van der Waals surface area contributed by atoms with Crippen molar-refractivity contribution in [2.24, 2.45) is 0 Å². The molecule has 5 atom stereocenters. The molecule has 1 aliphatic heterocycles. The maximum absolute atomic E-state index is 12.0. The molecule has 2 aromatic carbocycles. The molecule has 1 saturated heterocycles. The van der Waals surface area contributed by atoms with Crippen LogP contribution >= 0.6 is 0 Å². The van der Waals surface area contributed by atoms with Crippen molar-refractivity contribution in [2.75, 3.05) is 6.61 Å². The summed E-state index contributed by atoms with van der Waals surface area (Å²) in [6.07, 6.45) is -7.34. The van der Waals surface area contributed by atoms with Gasteiger partial charge in [0.15, 0.2) is 11.5 Å². The number of ether oxygens (including phenoxy) is 3. The predicted octanol–water partition coefficient (Wildman–Crippen LogP) is -0.367. The van der Waals surface area contributed by atoms with Crippen LogP contribution in [0.2, 0.25) is 0 Å². The van der Waals surface area contributed by atoms with E-state index in [9.17, 15) is 35.4 Å². The van der Waals surface area contributed by atoms with Gasteiger partial charge in [-0.2, -0.15) is 0 Å². The average molecular weight is 422 g/mol. The summed E-state index contributed by atoms with van der Waals surface area (Å²) >= 11 is 0. The number of carbonyl (C=O) groups excluding carboxylic acids is 1. The minimum Gasteiger partial charge on any atom is -0.508 e. The minimum atomic E-state index is -1.62. The Bertz CT molecular complexity index is 866. The predicted molar refractivity (Wildman–Crippen MR) is 99.7 cm³/mol. The Hall–Kier alpha value is -2.89. The van der Waals surface area contributed by atoms with Crippen molar-refractivity contribution in [3.8, 4) is 17.2 Å². The number of hydrogen-bond acceptors (Lipinski definition) is 10. The van der Waals surface area contributed by atoms with Gasteiger partial charge in [0, 0.05) is 0 Å². The fraction of sp³-hybridized carbons (Fsp3) is 0.350. The molecule has 0 spiro atoms. The number of benzene rings is 2. The lowest BCUT2D eigenvalue weighted by Crippen LogP contribution is -2.60. The standard InChI is InChI=1S/C20H22O10/c21-8-15-16(24)17(25)18(26)20(30-15)29-14-6-1-10(7-13(14)23)9-28-19(27)11-2-4-12(22)5-3-11/h1-7,15-18,20-26H,8-9H2. The molecule has 5 unspecified atom stereocenters. The van der Waals surface area contributed by atoms with Crippen LogP contribution in [-0.4, -0.2) is 73.9 Å². The van der Waals surface area contributed by atoms with E-state index in [2.05, 4.69) is 0 Å². The van der Waals surface area contributed by atoms with Gasteiger partial charge in [0.1, 0.15) is 36.8 Å². The second-order valence-corrected chi connectivity index (χ2v) is 6.74. The van der Waals surface area contributed by atoms with E-state index in [-0.39, 0.29) is 29.4 Å². The van der Waals surface area contributed by atoms with Crippen molar-refractivity contribution in [1.29, 1.82) is 0 Å². The van der Waals surface area contributed by atoms with Gasteiger partial charge in [-0.3, -0.25) is 0 Å². The smallest absolute Gasteiger partial charge is 0.338 e. The highest BCUT2D eigenvalue weighted by Crippen LogP contribution is 2.31. The molecular formula is C20H22O10. The molecule has 1 fully saturated rings. The number of phenols is 2. The molecule has 6 N–H and O–H groups in total. The van der Waals surface area contributed by atoms with E-state index in [0.29, 0.717) is 5.56 Å². The zero-order chi connectivity index (χ0) is 21.8. The summed E-state index contributed by atoms with van der Waals surface area (Å²) in [4.78, 5) is 12.0. The number of aromatic hydroxyl groups is 2. The van der Waals surface area contributed by atoms with Crippen molar-refractivity contribution < 1.29 is 49.6 Å². The Morgan fingerprint density at radius 1 is 0.967 bits per heavy atom. The van der Waals surface area contributed by atoms with Crippen molar-refractivity contribution in [2.45, 2.75) is 37.3 Å². The summed E-state index contributed by atoms with van der Waals surface area (Å²) in [5.74, 6) is -1.03. The Kier molecular flexibility index (Phi) is 6.75. The summed E-state index contributed by atoms with van der Waals surface area (Å²) in [5, 5.41) is 58.2. The zero-order valence-electron chi connectivity index (χ0n) is 15.7. The Morgan fingerprint density at radius 2 is 1.67 bits per heavy atom. The van der Waals surface area contributed by atoms with Crippen molar-refractivity contribution in [1.82, 2.24) is 0 Å². The van der Waals surface area contributed by atoms with Crippen LogP contribution in [0, 0.1) is 0 Å². The van der Waals surface area contributed by atoms with E-state index in [0.717, 1.165) is 0 Å². The molecule has 1 heterocycles. The summed E-state index contributed by atoms with van der Waals surface area (Å²) in [6, 6.07) is 9.66. The lowest BCUT2D eigenvalue weighted by atomic mass is 9.99. The first-order valence-corrected chi connectivity index (χ1v) is 9.05. The Morgan fingerprint density at radius 3 is 2.30 bits per heavy atom. The van der Waals surface area contributed by atoms with Gasteiger partial charge in [-0.05, 0) is 42.0 Å². The van der Waals surface area contributed by atoms with Crippen LogP contribution in [0.3, 0.4) is 0 Å². The third-order valence-corrected chi connectivity index (χ3v) is 4.59. The van der Waals surface area contributed by atoms with Crippen LogP contribution in [0.25, 0.3) is 0 Å². The molecule has 0 aromatic heterocycles. The third kappa shape index (κ3) is 4.81. The van der Waals surface area contributed by atoms with E-state index in [4.69, 9.17) is 14.2 Å². The summed E-state index contributed by atoms with van der Waals surface area (Å²) in [5.41, 5.74) is 0.695. The molecule has 1 aliphatic rings. The van der Waals surface area contributed by atoms with Crippen molar-refractivity contribution in [3.63, 3.8) is 0 Å². The van der Waals surface area contributed by atoms with E-state index < -0.39 is 43.3 Å². The first kappa shape index (κ1) is 21.8. The van der Waals surface area contributed by atoms with Gasteiger partial charge >= 0.3 is 5.97 Å². The fourth-order valence-corrected chi connectivity index (χ4v) is 2.87. The molecule has 30 heavy (non-hydrogen) atoms. The number of phenolic OH excluding ortho intramolecular Hbond substituents is 2. The quantitative estimate of drug-likeness (QED) is 0.338. The largest absolute Gasteiger partial charge is 0.508 e. The minimum absolute atomic E-state index is 0.0199. The summed E-state index contributed by atoms with van der Waals surface area (Å²) in [7, 11) is 0. The van der Waals surface area contributed by atoms with Crippen LogP contribution in [0.15, 0.2) is 42.5 Å². The zero-order valence-corrected chi connectivity index (χ0v) is 15.7. The molecule has 0 saturated carbocycles. The lowest BCUT2D eigenvalue weighted by molar-refractivity contribution is -0.277. The van der Waals surface area contributed by atoms with E-state index in [1.807, 2.05) is 0 Å². The topological polar surface area (TPSA) is 166 Å². The Labute approximate surface area is 171 Å². The molecule has 0 aliphatic carbocycles. The van der Waals surface area contributed by atoms with E-state index >= 15 is 0 Å². The monoisotopic (exact) mass is 422 g/mol. The van der Waals surface area contributed by atoms with Gasteiger partial charge in [0.05, 0.1) is 12.2 Å². The number of carbonyl (C=O) groups is 1. The fourth-order valence-electron chi connectivity index (χ4n) is 2.87. The SMILES string of the molecule is O=C(OCc1ccc(OC2OC(CO)C(O)C(O)C2O)c(O)c1)c1ccc(O)cc1. The van der Waals surface area contributed by atoms with Crippen molar-refractivity contribution >= 4 is 5.97 Å². The number of aliphatic hydroxyl groups excluding tert-OH is 4. The molecule has 0 radical (unpaired) electrons. The maximum atomic E-state index is 12.0. The van der Waals surface area contributed by atoms with Crippen molar-refractivity contribution in [3.05, 3.63) is 53.6 Å². The van der Waals surface area contributed by atoms with Crippen LogP contribution in [0.1, 0.15) is 15.9 Å². The highest BCUT2D eigenvalue weighted by atomic mass is 16.7. The molecule has 10 heteroatoms. The first-order valence-electron chi connectivity index (χ1n) is 9.05. The van der Waals surface area contributed by atoms with Gasteiger partial charge in [0.25, 0.3) is 0 Å². The van der Waals surface area contributed by atoms with Gasteiger partial charge in [-0.1, -0.05) is 6.07 Å². The van der Waals surface area contributed by atoms with E-state index in [1.165, 1.54) is 42.5 Å². The summed E-state index contributed by atoms with van der Waals surface area (Å²) in [6.45, 7) is -0.754. The molecule has 0 amide bonds. The Balaban J connectivity index is 1.62. The highest BCUT2D eigenvalue weighted by molar-refractivity contribution is 5.89. The molecule has 3 rings (SSSR count). The highest BCUT2D eigenvalue weighted by Gasteiger charge is 2.44. The molecule has 0 bridgehead atoms. The average Bonchev–Trinajstić information content (AvgIpc) is 2.74. The van der Waals surface area contributed by atoms with Gasteiger partial charge in [-0.15, -0.1) is 0 Å². The van der Waals surface area contributed by atoms with Gasteiger partial charge in [-0.25, -0.2) is 4.79 Å². The first-order chi connectivity index (χ1) is 14.3. The van der Waals surface area contributed by atoms with Gasteiger partial charge < -0.3 is 44.8 Å². The van der Waals surface area contributed by atoms with Crippen LogP contribution < -0.4 is 4.74 Å². The normalized spacial score (nSPS) is 26.2. The molecule has 2 aromatic rings. The summed E-state index contributed by atoms with van der Waals surface area (Å²) < 4.78 is 15.7. The van der Waals surface area contributed by atoms with E-state index in [1.54, 1.807) is 0 Å². The number of hydrogen-bond donors (Lipinski definition) is 6. The second-order valence-electron chi connectivity index (χ2n) is 6.74. The van der Waals surface area contributed by atoms with Crippen LogP contribution in [0.4, 0.5) is 0 Å². The van der Waals surface area contributed by atoms with Crippen LogP contribution in [0.5, 0.6) is 17.2 Å². The molecule has 162 valence electrons. The second kappa shape index (κ2) is 9.28. The molecular weight excluding hydrogens is 400 g/mol. The lowest BCUT2D eigenvalue weighted by Gasteiger charge is -2.39. The third-order valence-electron chi connectivity index (χ3n) is 4.59. The van der Waals surface area contributed by atoms with Crippen LogP contribution in [-0.2, 0) is 16.1 Å². The van der Waals surface area contributed by atoms with Gasteiger partial charge in [0.2, 0.25) is 6.29 Å². The molecule has 10 nitrogen and oxygen atoms in total. The number of esters is 1. The number of aliphatic hydroxyl groups is 4.